The highest BCUT2D eigenvalue weighted by molar-refractivity contribution is 7.91. The van der Waals surface area contributed by atoms with Crippen LogP contribution in [0.4, 0.5) is 5.69 Å². The Morgan fingerprint density at radius 2 is 1.78 bits per heavy atom. The summed E-state index contributed by atoms with van der Waals surface area (Å²) < 4.78 is 31.4. The van der Waals surface area contributed by atoms with Gasteiger partial charge in [-0.2, -0.15) is 5.26 Å². The summed E-state index contributed by atoms with van der Waals surface area (Å²) in [6, 6.07) is 22.3. The van der Waals surface area contributed by atoms with Crippen molar-refractivity contribution < 1.29 is 18.5 Å². The van der Waals surface area contributed by atoms with Crippen LogP contribution in [-0.2, 0) is 9.73 Å². The first kappa shape index (κ1) is 25.3. The fourth-order valence-electron chi connectivity index (χ4n) is 3.64. The summed E-state index contributed by atoms with van der Waals surface area (Å²) in [4.78, 5) is 13.9. The Kier molecular flexibility index (Phi) is 7.18. The third-order valence-electron chi connectivity index (χ3n) is 5.50. The highest BCUT2D eigenvalue weighted by atomic mass is 32.2. The van der Waals surface area contributed by atoms with E-state index in [1.165, 1.54) is 25.5 Å². The molecule has 0 fully saturated rings. The van der Waals surface area contributed by atoms with E-state index in [1.54, 1.807) is 37.3 Å². The van der Waals surface area contributed by atoms with Gasteiger partial charge in [-0.1, -0.05) is 36.4 Å². The number of nitrogens with zero attached hydrogens (tertiary/aromatic N) is 3. The molecule has 0 spiro atoms. The molecule has 1 heterocycles. The predicted octanol–water partition coefficient (Wildman–Crippen LogP) is 5.41. The van der Waals surface area contributed by atoms with Gasteiger partial charge in [0.05, 0.1) is 34.2 Å². The Morgan fingerprint density at radius 3 is 2.46 bits per heavy atom. The van der Waals surface area contributed by atoms with Crippen molar-refractivity contribution in [2.75, 3.05) is 18.7 Å². The topological polar surface area (TPSA) is 138 Å². The second-order valence-corrected chi connectivity index (χ2v) is 10.3. The van der Waals surface area contributed by atoms with E-state index in [-0.39, 0.29) is 22.9 Å². The van der Waals surface area contributed by atoms with Gasteiger partial charge in [0.2, 0.25) is 0 Å². The molecule has 1 atom stereocenters. The fourth-order valence-corrected chi connectivity index (χ4v) is 4.33. The molecule has 4 rings (SSSR count). The van der Waals surface area contributed by atoms with Crippen molar-refractivity contribution in [3.8, 4) is 34.7 Å². The van der Waals surface area contributed by atoms with Crippen molar-refractivity contribution in [3.05, 3.63) is 89.5 Å². The first-order chi connectivity index (χ1) is 17.7. The molecule has 1 aromatic heterocycles. The van der Waals surface area contributed by atoms with Gasteiger partial charge in [0.1, 0.15) is 5.56 Å². The number of hydrogen-bond donors (Lipinski definition) is 2. The van der Waals surface area contributed by atoms with E-state index in [0.29, 0.717) is 27.4 Å². The van der Waals surface area contributed by atoms with Crippen molar-refractivity contribution in [2.45, 2.75) is 11.8 Å². The number of methoxy groups -OCH3 is 1. The first-order valence-electron chi connectivity index (χ1n) is 11.0. The number of aromatic nitrogens is 2. The lowest BCUT2D eigenvalue weighted by Crippen LogP contribution is -2.17. The van der Waals surface area contributed by atoms with Gasteiger partial charge in [0.15, 0.2) is 11.5 Å². The molecule has 4 aromatic rings. The molecule has 37 heavy (non-hydrogen) atoms. The zero-order valence-electron chi connectivity index (χ0n) is 20.3. The summed E-state index contributed by atoms with van der Waals surface area (Å²) >= 11 is 0. The fraction of sp³-hybridized carbons (Fsp3) is 0.111. The number of carbonyl (C=O) groups is 1. The predicted molar refractivity (Wildman–Crippen MR) is 139 cm³/mol. The van der Waals surface area contributed by atoms with Gasteiger partial charge in [-0.25, -0.2) is 8.99 Å². The number of ether oxygens (including phenoxy) is 2. The largest absolute Gasteiger partial charge is 0.493 e. The van der Waals surface area contributed by atoms with E-state index >= 15 is 0 Å². The van der Waals surface area contributed by atoms with E-state index in [9.17, 15) is 14.3 Å². The minimum atomic E-state index is -2.97. The molecule has 186 valence electrons. The molecule has 9 nitrogen and oxygen atoms in total. The van der Waals surface area contributed by atoms with Gasteiger partial charge in [-0.3, -0.25) is 4.79 Å². The van der Waals surface area contributed by atoms with Gasteiger partial charge in [0.25, 0.3) is 11.8 Å². The standard InChI is InChI=1S/C27H23N5O4S/c1-17-24(26(33)30-20-10-7-11-21(15-20)37(3,29)34)27(32-31-25(17)19-8-5-4-6-9-19)36-22-13-12-18(16-28)14-23(22)35-2/h4-15,29H,1-3H3,(H,30,33). The van der Waals surface area contributed by atoms with Crippen molar-refractivity contribution in [2.24, 2.45) is 0 Å². The zero-order valence-corrected chi connectivity index (χ0v) is 21.1. The molecule has 0 aliphatic heterocycles. The molecule has 0 aliphatic carbocycles. The maximum absolute atomic E-state index is 13.6. The SMILES string of the molecule is COc1cc(C#N)ccc1Oc1nnc(-c2ccccc2)c(C)c1C(=O)Nc1cccc(S(C)(=N)=O)c1. The second-order valence-electron chi connectivity index (χ2n) is 8.12. The van der Waals surface area contributed by atoms with Crippen LogP contribution < -0.4 is 14.8 Å². The maximum atomic E-state index is 13.6. The van der Waals surface area contributed by atoms with E-state index in [2.05, 4.69) is 15.5 Å². The Morgan fingerprint density at radius 1 is 1.03 bits per heavy atom. The number of benzene rings is 3. The number of anilines is 1. The molecule has 0 aliphatic rings. The number of hydrogen-bond acceptors (Lipinski definition) is 8. The Balaban J connectivity index is 1.81. The lowest BCUT2D eigenvalue weighted by Gasteiger charge is -2.16. The maximum Gasteiger partial charge on any atom is 0.261 e. The number of nitriles is 1. The lowest BCUT2D eigenvalue weighted by molar-refractivity contribution is 0.102. The van der Waals surface area contributed by atoms with Crippen LogP contribution in [0.2, 0.25) is 0 Å². The normalized spacial score (nSPS) is 12.2. The minimum absolute atomic E-state index is 0.0615. The van der Waals surface area contributed by atoms with Crippen LogP contribution >= 0.6 is 0 Å². The molecule has 2 N–H and O–H groups in total. The smallest absolute Gasteiger partial charge is 0.261 e. The van der Waals surface area contributed by atoms with Crippen molar-refractivity contribution in [1.29, 1.82) is 10.0 Å². The summed E-state index contributed by atoms with van der Waals surface area (Å²) in [6.45, 7) is 1.74. The second kappa shape index (κ2) is 10.5. The molecule has 0 saturated carbocycles. The van der Waals surface area contributed by atoms with Crippen LogP contribution in [0.25, 0.3) is 11.3 Å². The Bertz CT molecular complexity index is 1630. The minimum Gasteiger partial charge on any atom is -0.493 e. The molecule has 0 radical (unpaired) electrons. The van der Waals surface area contributed by atoms with Crippen LogP contribution in [0.3, 0.4) is 0 Å². The summed E-state index contributed by atoms with van der Waals surface area (Å²) in [5.41, 5.74) is 2.67. The molecule has 3 aromatic carbocycles. The number of rotatable bonds is 7. The average molecular weight is 514 g/mol. The highest BCUT2D eigenvalue weighted by Gasteiger charge is 2.24. The average Bonchev–Trinajstić information content (AvgIpc) is 2.89. The molecule has 1 unspecified atom stereocenters. The number of nitrogens with one attached hydrogen (secondary N) is 2. The van der Waals surface area contributed by atoms with Gasteiger partial charge >= 0.3 is 0 Å². The summed E-state index contributed by atoms with van der Waals surface area (Å²) in [5.74, 6) is -0.0537. The number of carbonyl (C=O) groups excluding carboxylic acids is 1. The highest BCUT2D eigenvalue weighted by Crippen LogP contribution is 2.35. The van der Waals surface area contributed by atoms with Gasteiger partial charge in [0, 0.05) is 28.5 Å². The van der Waals surface area contributed by atoms with Crippen LogP contribution in [-0.4, -0.2) is 33.7 Å². The summed E-state index contributed by atoms with van der Waals surface area (Å²) in [6.07, 6.45) is 1.31. The summed E-state index contributed by atoms with van der Waals surface area (Å²) in [7, 11) is -1.53. The van der Waals surface area contributed by atoms with Crippen LogP contribution in [0.1, 0.15) is 21.5 Å². The quantitative estimate of drug-likeness (QED) is 0.337. The van der Waals surface area contributed by atoms with Crippen molar-refractivity contribution >= 4 is 21.3 Å². The van der Waals surface area contributed by atoms with Gasteiger partial charge in [-0.15, -0.1) is 10.2 Å². The van der Waals surface area contributed by atoms with Gasteiger partial charge < -0.3 is 14.8 Å². The first-order valence-corrected chi connectivity index (χ1v) is 13.0. The molecular formula is C27H23N5O4S. The Labute approximate surface area is 214 Å². The van der Waals surface area contributed by atoms with Gasteiger partial charge in [-0.05, 0) is 42.8 Å². The zero-order chi connectivity index (χ0) is 26.6. The van der Waals surface area contributed by atoms with E-state index in [1.807, 2.05) is 36.4 Å². The van der Waals surface area contributed by atoms with Crippen LogP contribution in [0, 0.1) is 23.0 Å². The number of amides is 1. The Hall–Kier alpha value is -4.75. The van der Waals surface area contributed by atoms with Crippen molar-refractivity contribution in [1.82, 2.24) is 10.2 Å². The molecule has 10 heteroatoms. The van der Waals surface area contributed by atoms with E-state index in [0.717, 1.165) is 5.56 Å². The van der Waals surface area contributed by atoms with Crippen molar-refractivity contribution in [3.63, 3.8) is 0 Å². The summed E-state index contributed by atoms with van der Waals surface area (Å²) in [5, 5.41) is 20.5. The van der Waals surface area contributed by atoms with Crippen LogP contribution in [0.5, 0.6) is 17.4 Å². The molecular weight excluding hydrogens is 490 g/mol. The van der Waals surface area contributed by atoms with Crippen LogP contribution in [0.15, 0.2) is 77.7 Å². The monoisotopic (exact) mass is 513 g/mol. The molecule has 0 bridgehead atoms. The molecule has 0 saturated heterocycles. The molecule has 1 amide bonds. The van der Waals surface area contributed by atoms with E-state index < -0.39 is 15.6 Å². The lowest BCUT2D eigenvalue weighted by atomic mass is 10.0. The third kappa shape index (κ3) is 5.58. The third-order valence-corrected chi connectivity index (χ3v) is 6.65. The van der Waals surface area contributed by atoms with E-state index in [4.69, 9.17) is 14.3 Å².